The molecule has 2 N–H and O–H groups in total. The van der Waals surface area contributed by atoms with Crippen LogP contribution in [-0.4, -0.2) is 37.7 Å². The number of rotatable bonds is 5. The normalized spacial score (nSPS) is 30.6. The molecule has 0 aromatic heterocycles. The van der Waals surface area contributed by atoms with E-state index in [-0.39, 0.29) is 11.4 Å². The molecule has 0 radical (unpaired) electrons. The lowest BCUT2D eigenvalue weighted by Crippen LogP contribution is -2.52. The van der Waals surface area contributed by atoms with Crippen LogP contribution < -0.4 is 10.6 Å². The molecule has 0 heterocycles. The van der Waals surface area contributed by atoms with Crippen LogP contribution >= 0.6 is 0 Å². The summed E-state index contributed by atoms with van der Waals surface area (Å²) in [6.45, 7) is 0. The van der Waals surface area contributed by atoms with Crippen molar-refractivity contribution in [2.24, 2.45) is 0 Å². The Kier molecular flexibility index (Phi) is 4.62. The Bertz CT molecular complexity index is 282. The van der Waals surface area contributed by atoms with Gasteiger partial charge in [0.25, 0.3) is 0 Å². The van der Waals surface area contributed by atoms with Gasteiger partial charge in [-0.25, -0.2) is 0 Å². The fourth-order valence-electron chi connectivity index (χ4n) is 3.21. The summed E-state index contributed by atoms with van der Waals surface area (Å²) in [5.74, 6) is 0.200. The summed E-state index contributed by atoms with van der Waals surface area (Å²) in [6.07, 6.45) is 8.95. The number of carbonyl (C=O) groups is 1. The first kappa shape index (κ1) is 13.8. The molecule has 0 saturated heterocycles. The molecule has 0 aromatic rings. The Morgan fingerprint density at radius 2 is 1.94 bits per heavy atom. The first-order chi connectivity index (χ1) is 8.67. The van der Waals surface area contributed by atoms with Gasteiger partial charge in [-0.3, -0.25) is 4.79 Å². The van der Waals surface area contributed by atoms with Gasteiger partial charge in [-0.1, -0.05) is 19.3 Å². The third-order valence-corrected chi connectivity index (χ3v) is 4.63. The van der Waals surface area contributed by atoms with E-state index in [4.69, 9.17) is 4.74 Å². The molecule has 0 unspecified atom stereocenters. The maximum Gasteiger partial charge on any atom is 0.222 e. The molecule has 2 aliphatic rings. The van der Waals surface area contributed by atoms with Crippen molar-refractivity contribution in [3.8, 4) is 0 Å². The van der Waals surface area contributed by atoms with Gasteiger partial charge in [0.05, 0.1) is 6.10 Å². The zero-order valence-corrected chi connectivity index (χ0v) is 11.6. The van der Waals surface area contributed by atoms with Crippen molar-refractivity contribution >= 4 is 5.91 Å². The fraction of sp³-hybridized carbons (Fsp3) is 0.929. The second kappa shape index (κ2) is 6.02. The summed E-state index contributed by atoms with van der Waals surface area (Å²) in [5.41, 5.74) is 0.0484. The first-order valence-electron chi connectivity index (χ1n) is 7.18. The summed E-state index contributed by atoms with van der Waals surface area (Å²) in [7, 11) is 3.73. The summed E-state index contributed by atoms with van der Waals surface area (Å²) < 4.78 is 5.23. The number of amides is 1. The molecule has 4 nitrogen and oxygen atoms in total. The van der Waals surface area contributed by atoms with Gasteiger partial charge in [0.2, 0.25) is 5.91 Å². The Morgan fingerprint density at radius 3 is 2.50 bits per heavy atom. The summed E-state index contributed by atoms with van der Waals surface area (Å²) >= 11 is 0. The first-order valence-corrected chi connectivity index (χ1v) is 7.18. The molecule has 1 amide bonds. The van der Waals surface area contributed by atoms with Crippen LogP contribution in [0.5, 0.6) is 0 Å². The molecule has 0 aromatic carbocycles. The van der Waals surface area contributed by atoms with E-state index in [9.17, 15) is 4.79 Å². The van der Waals surface area contributed by atoms with Crippen LogP contribution in [0.4, 0.5) is 0 Å². The maximum absolute atomic E-state index is 12.1. The minimum atomic E-state index is 0.0484. The molecule has 0 bridgehead atoms. The summed E-state index contributed by atoms with van der Waals surface area (Å²) in [6, 6.07) is 0.333. The smallest absolute Gasteiger partial charge is 0.222 e. The molecule has 0 atom stereocenters. The van der Waals surface area contributed by atoms with E-state index in [1.807, 2.05) is 7.05 Å². The minimum Gasteiger partial charge on any atom is -0.381 e. The zero-order valence-electron chi connectivity index (χ0n) is 11.6. The van der Waals surface area contributed by atoms with Crippen molar-refractivity contribution in [1.82, 2.24) is 10.6 Å². The van der Waals surface area contributed by atoms with Crippen molar-refractivity contribution < 1.29 is 9.53 Å². The third-order valence-electron chi connectivity index (χ3n) is 4.63. The number of hydrogen-bond acceptors (Lipinski definition) is 3. The second-order valence-electron chi connectivity index (χ2n) is 5.86. The van der Waals surface area contributed by atoms with Crippen LogP contribution in [0.1, 0.15) is 51.4 Å². The number of methoxy groups -OCH3 is 1. The van der Waals surface area contributed by atoms with Gasteiger partial charge in [0.1, 0.15) is 0 Å². The average Bonchev–Trinajstić information content (AvgIpc) is 2.34. The average molecular weight is 254 g/mol. The molecular weight excluding hydrogens is 228 g/mol. The molecule has 2 rings (SSSR count). The van der Waals surface area contributed by atoms with Gasteiger partial charge in [0, 0.05) is 25.1 Å². The number of ether oxygens (including phenoxy) is 1. The highest BCUT2D eigenvalue weighted by atomic mass is 16.5. The molecule has 104 valence electrons. The summed E-state index contributed by atoms with van der Waals surface area (Å²) in [4.78, 5) is 12.1. The molecule has 2 saturated carbocycles. The van der Waals surface area contributed by atoms with Crippen LogP contribution in [-0.2, 0) is 9.53 Å². The highest BCUT2D eigenvalue weighted by Crippen LogP contribution is 2.31. The van der Waals surface area contributed by atoms with E-state index in [0.29, 0.717) is 18.6 Å². The Labute approximate surface area is 110 Å². The Balaban J connectivity index is 1.75. The molecule has 2 aliphatic carbocycles. The molecule has 0 spiro atoms. The quantitative estimate of drug-likeness (QED) is 0.783. The SMILES string of the molecule is CNC1(CC(=O)NC2CC(OC)C2)CCCCC1. The van der Waals surface area contributed by atoms with E-state index in [1.165, 1.54) is 19.3 Å². The van der Waals surface area contributed by atoms with Crippen molar-refractivity contribution in [3.05, 3.63) is 0 Å². The van der Waals surface area contributed by atoms with Crippen LogP contribution in [0.25, 0.3) is 0 Å². The lowest BCUT2D eigenvalue weighted by molar-refractivity contribution is -0.125. The number of carbonyl (C=O) groups excluding carboxylic acids is 1. The van der Waals surface area contributed by atoms with Gasteiger partial charge < -0.3 is 15.4 Å². The van der Waals surface area contributed by atoms with Crippen LogP contribution in [0.3, 0.4) is 0 Å². The predicted octanol–water partition coefficient (Wildman–Crippen LogP) is 1.59. The molecule has 18 heavy (non-hydrogen) atoms. The highest BCUT2D eigenvalue weighted by Gasteiger charge is 2.35. The second-order valence-corrected chi connectivity index (χ2v) is 5.86. The largest absolute Gasteiger partial charge is 0.381 e. The van der Waals surface area contributed by atoms with Gasteiger partial charge in [-0.05, 0) is 32.7 Å². The van der Waals surface area contributed by atoms with Crippen LogP contribution in [0, 0.1) is 0 Å². The van der Waals surface area contributed by atoms with Crippen LogP contribution in [0.15, 0.2) is 0 Å². The van der Waals surface area contributed by atoms with Crippen molar-refractivity contribution in [1.29, 1.82) is 0 Å². The monoisotopic (exact) mass is 254 g/mol. The van der Waals surface area contributed by atoms with E-state index >= 15 is 0 Å². The van der Waals surface area contributed by atoms with E-state index in [1.54, 1.807) is 7.11 Å². The van der Waals surface area contributed by atoms with Crippen molar-refractivity contribution in [3.63, 3.8) is 0 Å². The molecule has 2 fully saturated rings. The number of hydrogen-bond donors (Lipinski definition) is 2. The van der Waals surface area contributed by atoms with E-state index < -0.39 is 0 Å². The van der Waals surface area contributed by atoms with E-state index in [2.05, 4.69) is 10.6 Å². The predicted molar refractivity (Wildman–Crippen MR) is 71.5 cm³/mol. The van der Waals surface area contributed by atoms with Crippen LogP contribution in [0.2, 0.25) is 0 Å². The standard InChI is InChI=1S/C14H26N2O2/c1-15-14(6-4-3-5-7-14)10-13(17)16-11-8-12(9-11)18-2/h11-12,15H,3-10H2,1-2H3,(H,16,17). The minimum absolute atomic E-state index is 0.0484. The Hall–Kier alpha value is -0.610. The van der Waals surface area contributed by atoms with Gasteiger partial charge in [-0.15, -0.1) is 0 Å². The maximum atomic E-state index is 12.1. The topological polar surface area (TPSA) is 50.4 Å². The summed E-state index contributed by atoms with van der Waals surface area (Å²) in [5, 5.41) is 6.52. The third kappa shape index (κ3) is 3.23. The molecular formula is C14H26N2O2. The van der Waals surface area contributed by atoms with Crippen molar-refractivity contribution in [2.75, 3.05) is 14.2 Å². The number of nitrogens with one attached hydrogen (secondary N) is 2. The van der Waals surface area contributed by atoms with Gasteiger partial charge in [-0.2, -0.15) is 0 Å². The lowest BCUT2D eigenvalue weighted by Gasteiger charge is -2.39. The van der Waals surface area contributed by atoms with Crippen molar-refractivity contribution in [2.45, 2.75) is 69.1 Å². The fourth-order valence-corrected chi connectivity index (χ4v) is 3.21. The van der Waals surface area contributed by atoms with Gasteiger partial charge >= 0.3 is 0 Å². The molecule has 4 heteroatoms. The van der Waals surface area contributed by atoms with E-state index in [0.717, 1.165) is 25.7 Å². The molecule has 0 aliphatic heterocycles. The lowest BCUT2D eigenvalue weighted by atomic mass is 9.79. The van der Waals surface area contributed by atoms with Gasteiger partial charge in [0.15, 0.2) is 0 Å². The Morgan fingerprint density at radius 1 is 1.28 bits per heavy atom. The highest BCUT2D eigenvalue weighted by molar-refractivity contribution is 5.77. The zero-order chi connectivity index (χ0) is 13.0.